The lowest BCUT2D eigenvalue weighted by Gasteiger charge is -2.22. The van der Waals surface area contributed by atoms with Gasteiger partial charge in [0.2, 0.25) is 5.91 Å². The minimum Gasteiger partial charge on any atom is -0.375 e. The first-order valence-corrected chi connectivity index (χ1v) is 7.08. The topological polar surface area (TPSA) is 68.0 Å². The van der Waals surface area contributed by atoms with Crippen molar-refractivity contribution in [3.05, 3.63) is 11.1 Å². The molecule has 17 heavy (non-hydrogen) atoms. The third kappa shape index (κ3) is 2.29. The Labute approximate surface area is 105 Å². The van der Waals surface area contributed by atoms with Crippen molar-refractivity contribution in [2.24, 2.45) is 11.8 Å². The SMILES string of the molecule is Nc1nc(CC(=O)NC2CC3CCC2C3)cs1. The third-order valence-corrected chi connectivity index (χ3v) is 4.72. The minimum absolute atomic E-state index is 0.0906. The van der Waals surface area contributed by atoms with Gasteiger partial charge in [0.15, 0.2) is 5.13 Å². The van der Waals surface area contributed by atoms with Crippen molar-refractivity contribution in [3.63, 3.8) is 0 Å². The summed E-state index contributed by atoms with van der Waals surface area (Å²) in [6.45, 7) is 0. The molecule has 0 radical (unpaired) electrons. The zero-order valence-corrected chi connectivity index (χ0v) is 10.5. The highest BCUT2D eigenvalue weighted by atomic mass is 32.1. The van der Waals surface area contributed by atoms with E-state index in [9.17, 15) is 4.79 Å². The molecule has 3 unspecified atom stereocenters. The standard InChI is InChI=1S/C12H17N3OS/c13-12-14-9(6-17-12)5-11(16)15-10-4-7-1-2-8(10)3-7/h6-8,10H,1-5H2,(H2,13,14)(H,15,16). The lowest BCUT2D eigenvalue weighted by atomic mass is 9.95. The van der Waals surface area contributed by atoms with Crippen LogP contribution in [0.5, 0.6) is 0 Å². The molecule has 3 N–H and O–H groups in total. The highest BCUT2D eigenvalue weighted by molar-refractivity contribution is 7.13. The Morgan fingerprint density at radius 1 is 1.53 bits per heavy atom. The summed E-state index contributed by atoms with van der Waals surface area (Å²) in [5.74, 6) is 1.68. The molecule has 3 atom stereocenters. The van der Waals surface area contributed by atoms with Gasteiger partial charge in [-0.1, -0.05) is 6.42 Å². The van der Waals surface area contributed by atoms with E-state index < -0.39 is 0 Å². The lowest BCUT2D eigenvalue weighted by molar-refractivity contribution is -0.121. The molecular weight excluding hydrogens is 234 g/mol. The van der Waals surface area contributed by atoms with E-state index in [1.807, 2.05) is 5.38 Å². The zero-order chi connectivity index (χ0) is 11.8. The molecule has 4 nitrogen and oxygen atoms in total. The van der Waals surface area contributed by atoms with Crippen LogP contribution in [0.4, 0.5) is 5.13 Å². The normalized spacial score (nSPS) is 30.7. The van der Waals surface area contributed by atoms with E-state index in [-0.39, 0.29) is 5.91 Å². The molecule has 0 aromatic carbocycles. The third-order valence-electron chi connectivity index (χ3n) is 4.00. The molecule has 2 bridgehead atoms. The summed E-state index contributed by atoms with van der Waals surface area (Å²) in [7, 11) is 0. The molecule has 1 heterocycles. The predicted molar refractivity (Wildman–Crippen MR) is 67.6 cm³/mol. The van der Waals surface area contributed by atoms with Gasteiger partial charge in [0.05, 0.1) is 12.1 Å². The Balaban J connectivity index is 1.54. The van der Waals surface area contributed by atoms with Gasteiger partial charge in [-0.15, -0.1) is 11.3 Å². The number of rotatable bonds is 3. The molecule has 2 aliphatic carbocycles. The molecule has 1 amide bonds. The Bertz CT molecular complexity index is 431. The molecule has 2 saturated carbocycles. The molecule has 1 aromatic rings. The van der Waals surface area contributed by atoms with Crippen LogP contribution >= 0.6 is 11.3 Å². The number of nitrogens with two attached hydrogens (primary N) is 1. The highest BCUT2D eigenvalue weighted by Crippen LogP contribution is 2.44. The van der Waals surface area contributed by atoms with Crippen LogP contribution in [-0.4, -0.2) is 16.9 Å². The fourth-order valence-corrected chi connectivity index (χ4v) is 3.81. The summed E-state index contributed by atoms with van der Waals surface area (Å²) in [6, 6.07) is 0.414. The number of thiazole rings is 1. The summed E-state index contributed by atoms with van der Waals surface area (Å²) in [5, 5.41) is 5.54. The second-order valence-electron chi connectivity index (χ2n) is 5.20. The number of hydrogen-bond donors (Lipinski definition) is 2. The second-order valence-corrected chi connectivity index (χ2v) is 6.09. The quantitative estimate of drug-likeness (QED) is 0.857. The zero-order valence-electron chi connectivity index (χ0n) is 9.69. The van der Waals surface area contributed by atoms with Crippen LogP contribution in [0.1, 0.15) is 31.4 Å². The lowest BCUT2D eigenvalue weighted by Crippen LogP contribution is -2.39. The largest absolute Gasteiger partial charge is 0.375 e. The van der Waals surface area contributed by atoms with Gasteiger partial charge in [-0.2, -0.15) is 0 Å². The van der Waals surface area contributed by atoms with Crippen LogP contribution in [0.3, 0.4) is 0 Å². The van der Waals surface area contributed by atoms with E-state index >= 15 is 0 Å². The molecule has 5 heteroatoms. The number of nitrogens with zero attached hydrogens (tertiary/aromatic N) is 1. The van der Waals surface area contributed by atoms with E-state index in [0.29, 0.717) is 17.6 Å². The van der Waals surface area contributed by atoms with E-state index in [1.54, 1.807) is 0 Å². The van der Waals surface area contributed by atoms with Gasteiger partial charge in [0, 0.05) is 11.4 Å². The van der Waals surface area contributed by atoms with Crippen molar-refractivity contribution >= 4 is 22.4 Å². The second kappa shape index (κ2) is 4.29. The summed E-state index contributed by atoms with van der Waals surface area (Å²) in [6.07, 6.45) is 5.50. The van der Waals surface area contributed by atoms with Crippen molar-refractivity contribution < 1.29 is 4.79 Å². The molecular formula is C12H17N3OS. The fourth-order valence-electron chi connectivity index (χ4n) is 3.25. The first kappa shape index (κ1) is 11.0. The van der Waals surface area contributed by atoms with E-state index in [1.165, 1.54) is 37.0 Å². The Morgan fingerprint density at radius 3 is 3.00 bits per heavy atom. The van der Waals surface area contributed by atoms with Crippen LogP contribution in [0.2, 0.25) is 0 Å². The van der Waals surface area contributed by atoms with E-state index in [0.717, 1.165) is 17.5 Å². The molecule has 3 rings (SSSR count). The number of hydrogen-bond acceptors (Lipinski definition) is 4. The van der Waals surface area contributed by atoms with Crippen molar-refractivity contribution in [2.45, 2.75) is 38.1 Å². The molecule has 0 saturated heterocycles. The number of carbonyl (C=O) groups excluding carboxylic acids is 1. The number of carbonyl (C=O) groups is 1. The molecule has 92 valence electrons. The first-order valence-electron chi connectivity index (χ1n) is 6.20. The van der Waals surface area contributed by atoms with Gasteiger partial charge in [0.25, 0.3) is 0 Å². The monoisotopic (exact) mass is 251 g/mol. The van der Waals surface area contributed by atoms with E-state index in [4.69, 9.17) is 5.73 Å². The van der Waals surface area contributed by atoms with Crippen molar-refractivity contribution in [3.8, 4) is 0 Å². The number of fused-ring (bicyclic) bond motifs is 2. The molecule has 2 aliphatic rings. The average Bonchev–Trinajstić information content (AvgIpc) is 2.95. The molecule has 0 aliphatic heterocycles. The number of anilines is 1. The summed E-state index contributed by atoms with van der Waals surface area (Å²) >= 11 is 1.39. The van der Waals surface area contributed by atoms with Gasteiger partial charge in [-0.25, -0.2) is 4.98 Å². The van der Waals surface area contributed by atoms with Crippen LogP contribution < -0.4 is 11.1 Å². The van der Waals surface area contributed by atoms with Gasteiger partial charge >= 0.3 is 0 Å². The Hall–Kier alpha value is -1.10. The van der Waals surface area contributed by atoms with Gasteiger partial charge in [-0.3, -0.25) is 4.79 Å². The maximum Gasteiger partial charge on any atom is 0.226 e. The number of aromatic nitrogens is 1. The highest BCUT2D eigenvalue weighted by Gasteiger charge is 2.39. The molecule has 1 aromatic heterocycles. The maximum atomic E-state index is 11.9. The van der Waals surface area contributed by atoms with Crippen molar-refractivity contribution in [1.82, 2.24) is 10.3 Å². The van der Waals surface area contributed by atoms with Crippen LogP contribution in [-0.2, 0) is 11.2 Å². The van der Waals surface area contributed by atoms with Crippen LogP contribution in [0.15, 0.2) is 5.38 Å². The summed E-state index contributed by atoms with van der Waals surface area (Å²) in [4.78, 5) is 16.0. The Morgan fingerprint density at radius 2 is 2.41 bits per heavy atom. The van der Waals surface area contributed by atoms with Gasteiger partial charge in [-0.05, 0) is 31.1 Å². The molecule has 2 fully saturated rings. The molecule has 0 spiro atoms. The van der Waals surface area contributed by atoms with Crippen LogP contribution in [0, 0.1) is 11.8 Å². The maximum absolute atomic E-state index is 11.9. The minimum atomic E-state index is 0.0906. The summed E-state index contributed by atoms with van der Waals surface area (Å²) < 4.78 is 0. The van der Waals surface area contributed by atoms with Crippen LogP contribution in [0.25, 0.3) is 0 Å². The average molecular weight is 251 g/mol. The number of nitrogen functional groups attached to an aromatic ring is 1. The predicted octanol–water partition coefficient (Wildman–Crippen LogP) is 1.57. The first-order chi connectivity index (χ1) is 8.20. The summed E-state index contributed by atoms with van der Waals surface area (Å²) in [5.41, 5.74) is 6.33. The number of amides is 1. The smallest absolute Gasteiger partial charge is 0.226 e. The fraction of sp³-hybridized carbons (Fsp3) is 0.667. The van der Waals surface area contributed by atoms with E-state index in [2.05, 4.69) is 10.3 Å². The van der Waals surface area contributed by atoms with Crippen molar-refractivity contribution in [1.29, 1.82) is 0 Å². The van der Waals surface area contributed by atoms with Crippen molar-refractivity contribution in [2.75, 3.05) is 5.73 Å². The van der Waals surface area contributed by atoms with Gasteiger partial charge < -0.3 is 11.1 Å². The Kier molecular flexibility index (Phi) is 2.78. The van der Waals surface area contributed by atoms with Gasteiger partial charge in [0.1, 0.15) is 0 Å². The number of nitrogens with one attached hydrogen (secondary N) is 1.